The van der Waals surface area contributed by atoms with Gasteiger partial charge < -0.3 is 9.47 Å². The van der Waals surface area contributed by atoms with Crippen LogP contribution in [0.25, 0.3) is 0 Å². The summed E-state index contributed by atoms with van der Waals surface area (Å²) in [5.74, 6) is -2.55. The van der Waals surface area contributed by atoms with E-state index in [9.17, 15) is 12.8 Å². The zero-order valence-electron chi connectivity index (χ0n) is 15.8. The number of hydrogen-bond acceptors (Lipinski definition) is 4. The van der Waals surface area contributed by atoms with Crippen LogP contribution in [0.5, 0.6) is 5.75 Å². The van der Waals surface area contributed by atoms with Crippen LogP contribution in [-0.2, 0) is 19.3 Å². The first kappa shape index (κ1) is 20.6. The molecule has 0 spiro atoms. The number of rotatable bonds is 4. The van der Waals surface area contributed by atoms with Gasteiger partial charge in [-0.2, -0.15) is 0 Å². The Labute approximate surface area is 173 Å². The van der Waals surface area contributed by atoms with Crippen LogP contribution in [0.2, 0.25) is 5.02 Å². The molecule has 1 aliphatic carbocycles. The van der Waals surface area contributed by atoms with Crippen molar-refractivity contribution >= 4 is 21.4 Å². The Morgan fingerprint density at radius 2 is 1.86 bits per heavy atom. The fourth-order valence-electron chi connectivity index (χ4n) is 4.75. The van der Waals surface area contributed by atoms with E-state index in [0.29, 0.717) is 24.5 Å². The largest absolute Gasteiger partial charge is 0.490 e. The molecule has 1 heterocycles. The van der Waals surface area contributed by atoms with Crippen molar-refractivity contribution in [1.29, 1.82) is 0 Å². The highest BCUT2D eigenvalue weighted by Crippen LogP contribution is 2.57. The molecular formula is C21H21ClF2O4S. The Hall–Kier alpha value is -1.70. The maximum absolute atomic E-state index is 15.1. The third kappa shape index (κ3) is 3.05. The molecule has 156 valence electrons. The molecule has 1 aliphatic heterocycles. The van der Waals surface area contributed by atoms with Crippen molar-refractivity contribution in [2.75, 3.05) is 13.2 Å². The van der Waals surface area contributed by atoms with E-state index in [0.717, 1.165) is 12.1 Å². The van der Waals surface area contributed by atoms with Crippen LogP contribution in [0, 0.1) is 17.6 Å². The van der Waals surface area contributed by atoms with Crippen molar-refractivity contribution in [3.8, 4) is 5.75 Å². The summed E-state index contributed by atoms with van der Waals surface area (Å²) in [6, 6.07) is 7.68. The van der Waals surface area contributed by atoms with Crippen LogP contribution in [0.1, 0.15) is 31.7 Å². The highest BCUT2D eigenvalue weighted by atomic mass is 35.5. The average molecular weight is 443 g/mol. The first-order valence-corrected chi connectivity index (χ1v) is 11.4. The topological polar surface area (TPSA) is 52.6 Å². The number of sulfone groups is 1. The Kier molecular flexibility index (Phi) is 5.34. The molecule has 0 aromatic heterocycles. The molecule has 1 saturated carbocycles. The minimum absolute atomic E-state index is 0.0144. The van der Waals surface area contributed by atoms with Gasteiger partial charge in [-0.1, -0.05) is 11.6 Å². The fraction of sp³-hybridized carbons (Fsp3) is 0.429. The molecule has 2 aliphatic rings. The molecule has 0 radical (unpaired) electrons. The molecule has 29 heavy (non-hydrogen) atoms. The number of fused-ring (bicyclic) bond motifs is 3. The Morgan fingerprint density at radius 1 is 1.17 bits per heavy atom. The van der Waals surface area contributed by atoms with E-state index >= 15 is 4.39 Å². The minimum atomic E-state index is -4.13. The second kappa shape index (κ2) is 7.52. The molecular weight excluding hydrogens is 422 g/mol. The first-order chi connectivity index (χ1) is 13.8. The van der Waals surface area contributed by atoms with Crippen LogP contribution < -0.4 is 4.74 Å². The van der Waals surface area contributed by atoms with Gasteiger partial charge in [0.2, 0.25) is 0 Å². The minimum Gasteiger partial charge on any atom is -0.490 e. The van der Waals surface area contributed by atoms with Crippen molar-refractivity contribution in [1.82, 2.24) is 0 Å². The van der Waals surface area contributed by atoms with Gasteiger partial charge in [-0.25, -0.2) is 17.2 Å². The predicted octanol–water partition coefficient (Wildman–Crippen LogP) is 4.89. The van der Waals surface area contributed by atoms with E-state index in [2.05, 4.69) is 0 Å². The highest BCUT2D eigenvalue weighted by Gasteiger charge is 2.61. The quantitative estimate of drug-likeness (QED) is 0.676. The lowest BCUT2D eigenvalue weighted by atomic mass is 9.71. The number of ether oxygens (including phenoxy) is 2. The van der Waals surface area contributed by atoms with E-state index in [4.69, 9.17) is 21.1 Å². The van der Waals surface area contributed by atoms with Gasteiger partial charge in [-0.3, -0.25) is 0 Å². The summed E-state index contributed by atoms with van der Waals surface area (Å²) in [5.41, 5.74) is -0.229. The number of hydrogen-bond donors (Lipinski definition) is 0. The standard InChI is InChI=1S/C21H21ClF2O4S/c1-2-27-18-4-3-11-21(29(25,26)14-7-5-13(22)6-8-14)15(18)12-28-20-17(24)10-9-16(23)19(20)21/h5-10,15,18H,2-4,11-12H2,1H3/t15-,18+,21-/m0/s1. The normalized spacial score (nSPS) is 26.3. The van der Waals surface area contributed by atoms with E-state index < -0.39 is 38.2 Å². The summed E-state index contributed by atoms with van der Waals surface area (Å²) in [6.45, 7) is 2.14. The van der Waals surface area contributed by atoms with Crippen molar-refractivity contribution in [3.63, 3.8) is 0 Å². The molecule has 4 nitrogen and oxygen atoms in total. The van der Waals surface area contributed by atoms with Gasteiger partial charge in [-0.05, 0) is 62.6 Å². The van der Waals surface area contributed by atoms with Crippen molar-refractivity contribution in [2.45, 2.75) is 41.9 Å². The molecule has 0 bridgehead atoms. The van der Waals surface area contributed by atoms with Crippen molar-refractivity contribution < 1.29 is 26.7 Å². The summed E-state index contributed by atoms with van der Waals surface area (Å²) >= 11 is 5.93. The van der Waals surface area contributed by atoms with Crippen LogP contribution in [0.3, 0.4) is 0 Å². The summed E-state index contributed by atoms with van der Waals surface area (Å²) in [6.07, 6.45) is 0.852. The van der Waals surface area contributed by atoms with Gasteiger partial charge >= 0.3 is 0 Å². The molecule has 0 amide bonds. The van der Waals surface area contributed by atoms with Gasteiger partial charge in [0.05, 0.1) is 23.2 Å². The van der Waals surface area contributed by atoms with Crippen molar-refractivity contribution in [2.24, 2.45) is 5.92 Å². The maximum atomic E-state index is 15.1. The van der Waals surface area contributed by atoms with Gasteiger partial charge in [0.25, 0.3) is 0 Å². The molecule has 8 heteroatoms. The monoisotopic (exact) mass is 442 g/mol. The van der Waals surface area contributed by atoms with Gasteiger partial charge in [0, 0.05) is 17.5 Å². The third-order valence-corrected chi connectivity index (χ3v) is 8.77. The summed E-state index contributed by atoms with van der Waals surface area (Å²) < 4.78 is 67.4. The van der Waals surface area contributed by atoms with Gasteiger partial charge in [-0.15, -0.1) is 0 Å². The molecule has 4 rings (SSSR count). The van der Waals surface area contributed by atoms with E-state index in [1.807, 2.05) is 6.92 Å². The molecule has 1 fully saturated rings. The van der Waals surface area contributed by atoms with Gasteiger partial charge in [0.1, 0.15) is 10.6 Å². The highest BCUT2D eigenvalue weighted by molar-refractivity contribution is 7.92. The van der Waals surface area contributed by atoms with E-state index in [-0.39, 0.29) is 29.2 Å². The second-order valence-corrected chi connectivity index (χ2v) is 10.0. The maximum Gasteiger partial charge on any atom is 0.188 e. The Bertz CT molecular complexity index is 1020. The van der Waals surface area contributed by atoms with Crippen LogP contribution in [0.4, 0.5) is 8.78 Å². The summed E-state index contributed by atoms with van der Waals surface area (Å²) in [5, 5.41) is 0.387. The lowest BCUT2D eigenvalue weighted by molar-refractivity contribution is -0.0468. The van der Waals surface area contributed by atoms with E-state index in [1.54, 1.807) is 0 Å². The average Bonchev–Trinajstić information content (AvgIpc) is 2.71. The molecule has 2 aromatic rings. The smallest absolute Gasteiger partial charge is 0.188 e. The van der Waals surface area contributed by atoms with E-state index in [1.165, 1.54) is 24.3 Å². The van der Waals surface area contributed by atoms with Crippen molar-refractivity contribution in [3.05, 3.63) is 58.6 Å². The number of halogens is 3. The Morgan fingerprint density at radius 3 is 2.55 bits per heavy atom. The lowest BCUT2D eigenvalue weighted by Gasteiger charge is -2.50. The van der Waals surface area contributed by atoms with Crippen LogP contribution in [0.15, 0.2) is 41.3 Å². The SMILES string of the molecule is CCO[C@@H]1CCC[C@@]2(S(=O)(=O)c3ccc(Cl)cc3)c3c(F)ccc(F)c3OC[C@@H]12. The molecule has 0 saturated heterocycles. The van der Waals surface area contributed by atoms with Gasteiger partial charge in [0.15, 0.2) is 21.4 Å². The summed E-state index contributed by atoms with van der Waals surface area (Å²) in [7, 11) is -4.13. The zero-order chi connectivity index (χ0) is 20.8. The van der Waals surface area contributed by atoms with Crippen LogP contribution in [-0.4, -0.2) is 27.7 Å². The summed E-state index contributed by atoms with van der Waals surface area (Å²) in [4.78, 5) is 0.0144. The predicted molar refractivity (Wildman–Crippen MR) is 105 cm³/mol. The Balaban J connectivity index is 2.01. The fourth-order valence-corrected chi connectivity index (χ4v) is 7.28. The molecule has 3 atom stereocenters. The molecule has 0 unspecified atom stereocenters. The lowest BCUT2D eigenvalue weighted by Crippen LogP contribution is -2.56. The van der Waals surface area contributed by atoms with Crippen LogP contribution >= 0.6 is 11.6 Å². The molecule has 2 aromatic carbocycles. The second-order valence-electron chi connectivity index (χ2n) is 7.38. The third-order valence-electron chi connectivity index (χ3n) is 5.96. The first-order valence-electron chi connectivity index (χ1n) is 9.56. The molecule has 0 N–H and O–H groups in total. The zero-order valence-corrected chi connectivity index (χ0v) is 17.4. The number of benzene rings is 2.